The van der Waals surface area contributed by atoms with Crippen molar-refractivity contribution in [3.05, 3.63) is 54.2 Å². The van der Waals surface area contributed by atoms with Gasteiger partial charge < -0.3 is 30.2 Å². The SMILES string of the molecule is COc1cc(N2CCC(N3CCN(C)CC3)CC2)ccc1Nc1nc(Nc2cccc3c2N(S(C)(=O)=O)CC3)c2cc[nH]c2n1. The Morgan fingerprint density at radius 1 is 0.933 bits per heavy atom. The number of anilines is 6. The topological polar surface area (TPSA) is 122 Å². The molecule has 0 amide bonds. The monoisotopic (exact) mass is 631 g/mol. The van der Waals surface area contributed by atoms with Crippen LogP contribution in [0.15, 0.2) is 48.7 Å². The summed E-state index contributed by atoms with van der Waals surface area (Å²) >= 11 is 0. The Morgan fingerprint density at radius 2 is 1.73 bits per heavy atom. The fourth-order valence-electron chi connectivity index (χ4n) is 6.85. The molecule has 0 atom stereocenters. The third kappa shape index (κ3) is 5.99. The van der Waals surface area contributed by atoms with Gasteiger partial charge in [0.05, 0.1) is 35.8 Å². The number of fused-ring (bicyclic) bond motifs is 2. The molecule has 0 bridgehead atoms. The third-order valence-electron chi connectivity index (χ3n) is 9.34. The number of methoxy groups -OCH3 is 1. The minimum atomic E-state index is -3.42. The maximum absolute atomic E-state index is 12.5. The average Bonchev–Trinajstić information content (AvgIpc) is 3.70. The van der Waals surface area contributed by atoms with Gasteiger partial charge in [-0.2, -0.15) is 9.97 Å². The highest BCUT2D eigenvalue weighted by Crippen LogP contribution is 2.40. The van der Waals surface area contributed by atoms with Gasteiger partial charge in [0.25, 0.3) is 0 Å². The number of aromatic nitrogens is 3. The third-order valence-corrected chi connectivity index (χ3v) is 10.5. The zero-order valence-corrected chi connectivity index (χ0v) is 26.9. The Labute approximate surface area is 264 Å². The first-order valence-corrected chi connectivity index (χ1v) is 17.5. The van der Waals surface area contributed by atoms with Crippen LogP contribution in [0.4, 0.5) is 34.5 Å². The summed E-state index contributed by atoms with van der Waals surface area (Å²) in [7, 11) is 0.462. The van der Waals surface area contributed by atoms with Crippen LogP contribution >= 0.6 is 0 Å². The van der Waals surface area contributed by atoms with E-state index in [4.69, 9.17) is 14.7 Å². The molecule has 5 heterocycles. The number of piperidine rings is 1. The first kappa shape index (κ1) is 29.6. The number of sulfonamides is 1. The summed E-state index contributed by atoms with van der Waals surface area (Å²) in [5.41, 5.74) is 4.89. The Morgan fingerprint density at radius 3 is 2.49 bits per heavy atom. The number of nitrogens with zero attached hydrogens (tertiary/aromatic N) is 6. The highest BCUT2D eigenvalue weighted by atomic mass is 32.2. The van der Waals surface area contributed by atoms with Crippen LogP contribution < -0.4 is 24.6 Å². The van der Waals surface area contributed by atoms with E-state index in [-0.39, 0.29) is 0 Å². The van der Waals surface area contributed by atoms with Gasteiger partial charge in [0.15, 0.2) is 0 Å². The van der Waals surface area contributed by atoms with Crippen molar-refractivity contribution in [2.24, 2.45) is 0 Å². The van der Waals surface area contributed by atoms with Crippen LogP contribution in [-0.4, -0.2) is 105 Å². The van der Waals surface area contributed by atoms with Gasteiger partial charge in [0.1, 0.15) is 17.2 Å². The summed E-state index contributed by atoms with van der Waals surface area (Å²) in [6.07, 6.45) is 6.05. The number of nitrogens with one attached hydrogen (secondary N) is 3. The largest absolute Gasteiger partial charge is 0.494 e. The number of para-hydroxylation sites is 1. The minimum absolute atomic E-state index is 0.388. The second kappa shape index (κ2) is 12.0. The predicted octanol–water partition coefficient (Wildman–Crippen LogP) is 3.99. The number of piperazine rings is 1. The zero-order valence-electron chi connectivity index (χ0n) is 26.1. The molecule has 0 radical (unpaired) electrons. The van der Waals surface area contributed by atoms with Gasteiger partial charge in [0.2, 0.25) is 16.0 Å². The quantitative estimate of drug-likeness (QED) is 0.263. The van der Waals surface area contributed by atoms with Crippen LogP contribution in [0.2, 0.25) is 0 Å². The highest BCUT2D eigenvalue weighted by Gasteiger charge is 2.30. The van der Waals surface area contributed by atoms with Crippen LogP contribution in [0, 0.1) is 0 Å². The van der Waals surface area contributed by atoms with Gasteiger partial charge in [-0.05, 0) is 56.1 Å². The molecule has 2 aromatic heterocycles. The average molecular weight is 632 g/mol. The van der Waals surface area contributed by atoms with Gasteiger partial charge in [-0.25, -0.2) is 8.42 Å². The lowest BCUT2D eigenvalue weighted by atomic mass is 10.0. The molecule has 0 aliphatic carbocycles. The van der Waals surface area contributed by atoms with Crippen molar-refractivity contribution in [2.45, 2.75) is 25.3 Å². The lowest BCUT2D eigenvalue weighted by Crippen LogP contribution is -2.52. The van der Waals surface area contributed by atoms with E-state index in [1.54, 1.807) is 7.11 Å². The van der Waals surface area contributed by atoms with Crippen molar-refractivity contribution < 1.29 is 13.2 Å². The van der Waals surface area contributed by atoms with Crippen molar-refractivity contribution in [2.75, 3.05) is 86.1 Å². The second-order valence-electron chi connectivity index (χ2n) is 12.2. The van der Waals surface area contributed by atoms with Crippen molar-refractivity contribution in [3.63, 3.8) is 0 Å². The maximum atomic E-state index is 12.5. The van der Waals surface area contributed by atoms with E-state index < -0.39 is 10.0 Å². The number of aromatic amines is 1. The molecule has 12 nitrogen and oxygen atoms in total. The molecule has 0 saturated carbocycles. The van der Waals surface area contributed by atoms with Gasteiger partial charge in [0, 0.05) is 69.8 Å². The second-order valence-corrected chi connectivity index (χ2v) is 14.1. The number of hydrogen-bond acceptors (Lipinski definition) is 10. The molecular formula is C32H41N9O3S. The van der Waals surface area contributed by atoms with Crippen LogP contribution in [0.5, 0.6) is 5.75 Å². The standard InChI is InChI=1S/C32H41N9O3S/c1-38-17-19-40(20-18-38)23-11-14-39(15-12-23)24-7-8-26(28(21-24)44-2)35-32-36-30-25(9-13-33-30)31(37-32)34-27-6-4-5-22-10-16-41(29(22)27)45(3,42)43/h4-9,13,21,23H,10-12,14-20H2,1-3H3,(H3,33,34,35,36,37). The Kier molecular flexibility index (Phi) is 7.92. The van der Waals surface area contributed by atoms with Gasteiger partial charge >= 0.3 is 0 Å². The summed E-state index contributed by atoms with van der Waals surface area (Å²) in [4.78, 5) is 20.2. The van der Waals surface area contributed by atoms with Crippen LogP contribution in [0.1, 0.15) is 18.4 Å². The van der Waals surface area contributed by atoms with E-state index in [2.05, 4.69) is 49.5 Å². The molecule has 7 rings (SSSR count). The molecule has 3 N–H and O–H groups in total. The normalized spacial score (nSPS) is 18.4. The number of hydrogen-bond donors (Lipinski definition) is 3. The zero-order chi connectivity index (χ0) is 31.1. The summed E-state index contributed by atoms with van der Waals surface area (Å²) in [6.45, 7) is 7.10. The predicted molar refractivity (Wildman–Crippen MR) is 180 cm³/mol. The molecular weight excluding hydrogens is 590 g/mol. The minimum Gasteiger partial charge on any atom is -0.494 e. The van der Waals surface area contributed by atoms with Crippen LogP contribution in [0.25, 0.3) is 11.0 Å². The molecule has 0 spiro atoms. The first-order chi connectivity index (χ1) is 21.8. The molecule has 2 saturated heterocycles. The first-order valence-electron chi connectivity index (χ1n) is 15.6. The molecule has 0 unspecified atom stereocenters. The number of H-pyrrole nitrogens is 1. The molecule has 2 fully saturated rings. The lowest BCUT2D eigenvalue weighted by molar-refractivity contribution is 0.0982. The van der Waals surface area contributed by atoms with Crippen LogP contribution in [0.3, 0.4) is 0 Å². The summed E-state index contributed by atoms with van der Waals surface area (Å²) in [6, 6.07) is 14.6. The Bertz CT molecular complexity index is 1790. The summed E-state index contributed by atoms with van der Waals surface area (Å²) in [5.74, 6) is 1.67. The number of rotatable bonds is 8. The van der Waals surface area contributed by atoms with Crippen molar-refractivity contribution >= 4 is 55.6 Å². The van der Waals surface area contributed by atoms with Crippen LogP contribution in [-0.2, 0) is 16.4 Å². The molecule has 238 valence electrons. The van der Waals surface area contributed by atoms with E-state index in [0.29, 0.717) is 53.5 Å². The molecule has 2 aromatic carbocycles. The Hall–Kier alpha value is -4.07. The van der Waals surface area contributed by atoms with E-state index in [9.17, 15) is 8.42 Å². The van der Waals surface area contributed by atoms with Crippen molar-refractivity contribution in [3.8, 4) is 5.75 Å². The van der Waals surface area contributed by atoms with Gasteiger partial charge in [-0.3, -0.25) is 9.21 Å². The Balaban J connectivity index is 1.10. The fourth-order valence-corrected chi connectivity index (χ4v) is 7.82. The highest BCUT2D eigenvalue weighted by molar-refractivity contribution is 7.92. The molecule has 45 heavy (non-hydrogen) atoms. The van der Waals surface area contributed by atoms with Crippen molar-refractivity contribution in [1.29, 1.82) is 0 Å². The smallest absolute Gasteiger partial charge is 0.232 e. The number of benzene rings is 2. The molecule has 3 aliphatic heterocycles. The van der Waals surface area contributed by atoms with Gasteiger partial charge in [-0.1, -0.05) is 12.1 Å². The lowest BCUT2D eigenvalue weighted by Gasteiger charge is -2.42. The molecule has 4 aromatic rings. The van der Waals surface area contributed by atoms with E-state index in [1.165, 1.54) is 23.4 Å². The number of likely N-dealkylation sites (N-methyl/N-ethyl adjacent to an activating group) is 1. The molecule has 13 heteroatoms. The number of ether oxygens (including phenoxy) is 1. The maximum Gasteiger partial charge on any atom is 0.232 e. The molecule has 3 aliphatic rings. The van der Waals surface area contributed by atoms with Gasteiger partial charge in [-0.15, -0.1) is 0 Å². The fraction of sp³-hybridized carbons (Fsp3) is 0.438. The van der Waals surface area contributed by atoms with E-state index >= 15 is 0 Å². The van der Waals surface area contributed by atoms with E-state index in [0.717, 1.165) is 61.6 Å². The van der Waals surface area contributed by atoms with E-state index in [1.807, 2.05) is 36.5 Å². The van der Waals surface area contributed by atoms with Crippen molar-refractivity contribution in [1.82, 2.24) is 24.8 Å². The summed E-state index contributed by atoms with van der Waals surface area (Å²) in [5, 5.41) is 7.56. The summed E-state index contributed by atoms with van der Waals surface area (Å²) < 4.78 is 32.4.